The van der Waals surface area contributed by atoms with Gasteiger partial charge in [-0.05, 0) is 25.7 Å². The van der Waals surface area contributed by atoms with Crippen molar-refractivity contribution >= 4 is 6.03 Å². The van der Waals surface area contributed by atoms with Crippen molar-refractivity contribution in [3.8, 4) is 0 Å². The van der Waals surface area contributed by atoms with Gasteiger partial charge in [0.25, 0.3) is 0 Å². The van der Waals surface area contributed by atoms with Crippen LogP contribution < -0.4 is 5.32 Å². The summed E-state index contributed by atoms with van der Waals surface area (Å²) in [5.74, 6) is 0. The van der Waals surface area contributed by atoms with Gasteiger partial charge < -0.3 is 4.90 Å². The highest BCUT2D eigenvalue weighted by Crippen LogP contribution is 2.21. The highest BCUT2D eigenvalue weighted by Gasteiger charge is 2.28. The molecule has 0 N–H and O–H groups in total. The number of amides is 2. The maximum atomic E-state index is 11.3. The van der Waals surface area contributed by atoms with Crippen LogP contribution in [0, 0.1) is 0 Å². The van der Waals surface area contributed by atoms with E-state index in [4.69, 9.17) is 0 Å². The Balaban J connectivity index is 1.77. The van der Waals surface area contributed by atoms with Gasteiger partial charge in [0.1, 0.15) is 0 Å². The summed E-state index contributed by atoms with van der Waals surface area (Å²) < 4.78 is 0. The van der Waals surface area contributed by atoms with Crippen LogP contribution in [0.15, 0.2) is 0 Å². The van der Waals surface area contributed by atoms with Gasteiger partial charge in [-0.25, -0.2) is 10.1 Å². The van der Waals surface area contributed by atoms with E-state index in [0.717, 1.165) is 38.8 Å². The zero-order chi connectivity index (χ0) is 7.68. The van der Waals surface area contributed by atoms with E-state index in [0.29, 0.717) is 6.04 Å². The lowest BCUT2D eigenvalue weighted by molar-refractivity contribution is 0.207. The van der Waals surface area contributed by atoms with Gasteiger partial charge >= 0.3 is 6.03 Å². The van der Waals surface area contributed by atoms with E-state index in [1.807, 2.05) is 4.90 Å². The van der Waals surface area contributed by atoms with Crippen LogP contribution in [0.3, 0.4) is 0 Å². The Labute approximate surface area is 66.8 Å². The maximum absolute atomic E-state index is 11.3. The molecule has 0 aromatic rings. The van der Waals surface area contributed by atoms with Crippen molar-refractivity contribution in [2.45, 2.75) is 31.7 Å². The van der Waals surface area contributed by atoms with E-state index in [2.05, 4.69) is 5.32 Å². The number of likely N-dealkylation sites (tertiary alicyclic amines) is 1. The molecule has 1 heterocycles. The van der Waals surface area contributed by atoms with Gasteiger partial charge in [0.05, 0.1) is 6.04 Å². The van der Waals surface area contributed by atoms with Crippen LogP contribution in [0.25, 0.3) is 0 Å². The van der Waals surface area contributed by atoms with Gasteiger partial charge in [-0.1, -0.05) is 0 Å². The predicted molar refractivity (Wildman–Crippen MR) is 41.4 cm³/mol. The lowest BCUT2D eigenvalue weighted by Gasteiger charge is -2.13. The molecule has 11 heavy (non-hydrogen) atoms. The molecule has 3 nitrogen and oxygen atoms in total. The first-order chi connectivity index (χ1) is 5.36. The fourth-order valence-electron chi connectivity index (χ4n) is 1.35. The van der Waals surface area contributed by atoms with Crippen molar-refractivity contribution in [2.75, 3.05) is 13.1 Å². The van der Waals surface area contributed by atoms with Gasteiger partial charge in [-0.15, -0.1) is 0 Å². The molecule has 3 heteroatoms. The van der Waals surface area contributed by atoms with Crippen LogP contribution in [0.1, 0.15) is 25.7 Å². The van der Waals surface area contributed by atoms with Gasteiger partial charge in [0.2, 0.25) is 0 Å². The summed E-state index contributed by atoms with van der Waals surface area (Å²) in [4.78, 5) is 13.1. The summed E-state index contributed by atoms with van der Waals surface area (Å²) in [5.41, 5.74) is 0. The second-order valence-corrected chi connectivity index (χ2v) is 3.34. The van der Waals surface area contributed by atoms with E-state index in [9.17, 15) is 4.79 Å². The lowest BCUT2D eigenvalue weighted by Crippen LogP contribution is -2.34. The molecule has 61 valence electrons. The number of rotatable bonds is 1. The Morgan fingerprint density at radius 3 is 2.45 bits per heavy atom. The van der Waals surface area contributed by atoms with Gasteiger partial charge in [-0.3, -0.25) is 0 Å². The fourth-order valence-corrected chi connectivity index (χ4v) is 1.35. The molecule has 1 radical (unpaired) electrons. The summed E-state index contributed by atoms with van der Waals surface area (Å²) >= 11 is 0. The van der Waals surface area contributed by atoms with Crippen LogP contribution in [0.4, 0.5) is 4.79 Å². The zero-order valence-electron chi connectivity index (χ0n) is 6.62. The smallest absolute Gasteiger partial charge is 0.323 e. The molecule has 2 rings (SSSR count). The minimum Gasteiger partial charge on any atom is -0.323 e. The molecule has 1 aliphatic carbocycles. The standard InChI is InChI=1S/C8H13N2O/c11-8(9-7-3-4-7)10-5-1-2-6-10/h7H,1-6H2. The van der Waals surface area contributed by atoms with Gasteiger partial charge in [0.15, 0.2) is 0 Å². The average molecular weight is 153 g/mol. The largest absolute Gasteiger partial charge is 0.339 e. The minimum atomic E-state index is 0.0324. The summed E-state index contributed by atoms with van der Waals surface area (Å²) in [7, 11) is 0. The monoisotopic (exact) mass is 153 g/mol. The first-order valence-corrected chi connectivity index (χ1v) is 4.36. The Bertz CT molecular complexity index is 159. The molecule has 2 amide bonds. The molecule has 0 atom stereocenters. The van der Waals surface area contributed by atoms with E-state index in [1.165, 1.54) is 0 Å². The van der Waals surface area contributed by atoms with Crippen LogP contribution in [-0.2, 0) is 0 Å². The average Bonchev–Trinajstić information content (AvgIpc) is 2.67. The van der Waals surface area contributed by atoms with Crippen molar-refractivity contribution in [3.63, 3.8) is 0 Å². The third-order valence-electron chi connectivity index (χ3n) is 2.22. The summed E-state index contributed by atoms with van der Waals surface area (Å²) in [6.45, 7) is 1.85. The number of urea groups is 1. The highest BCUT2D eigenvalue weighted by atomic mass is 16.2. The molecule has 0 spiro atoms. The Hall–Kier alpha value is -0.730. The molecule has 1 saturated carbocycles. The molecule has 1 saturated heterocycles. The summed E-state index contributed by atoms with van der Waals surface area (Å²) in [6, 6.07) is 0.410. The van der Waals surface area contributed by atoms with Crippen molar-refractivity contribution in [2.24, 2.45) is 0 Å². The molecule has 0 aromatic carbocycles. The van der Waals surface area contributed by atoms with E-state index in [1.54, 1.807) is 0 Å². The first kappa shape index (κ1) is 6.95. The number of hydrogen-bond acceptors (Lipinski definition) is 1. The SMILES string of the molecule is O=C([N]C1CC1)N1CCCC1. The van der Waals surface area contributed by atoms with E-state index < -0.39 is 0 Å². The van der Waals surface area contributed by atoms with Crippen LogP contribution >= 0.6 is 0 Å². The molecule has 0 unspecified atom stereocenters. The molecule has 0 bridgehead atoms. The predicted octanol–water partition coefficient (Wildman–Crippen LogP) is 0.969. The zero-order valence-corrected chi connectivity index (χ0v) is 6.62. The normalized spacial score (nSPS) is 23.8. The molecular weight excluding hydrogens is 140 g/mol. The van der Waals surface area contributed by atoms with Gasteiger partial charge in [0, 0.05) is 13.1 Å². The summed E-state index contributed by atoms with van der Waals surface area (Å²) in [6.07, 6.45) is 4.57. The summed E-state index contributed by atoms with van der Waals surface area (Å²) in [5, 5.41) is 4.06. The lowest BCUT2D eigenvalue weighted by atomic mass is 10.4. The van der Waals surface area contributed by atoms with Gasteiger partial charge in [-0.2, -0.15) is 0 Å². The number of nitrogens with zero attached hydrogens (tertiary/aromatic N) is 2. The van der Waals surface area contributed by atoms with Crippen molar-refractivity contribution in [3.05, 3.63) is 0 Å². The highest BCUT2D eigenvalue weighted by molar-refractivity contribution is 5.74. The number of hydrogen-bond donors (Lipinski definition) is 0. The fraction of sp³-hybridized carbons (Fsp3) is 0.875. The Morgan fingerprint density at radius 1 is 1.27 bits per heavy atom. The van der Waals surface area contributed by atoms with Crippen LogP contribution in [0.5, 0.6) is 0 Å². The van der Waals surface area contributed by atoms with E-state index in [-0.39, 0.29) is 6.03 Å². The number of carbonyl (C=O) groups excluding carboxylic acids is 1. The first-order valence-electron chi connectivity index (χ1n) is 4.36. The third-order valence-corrected chi connectivity index (χ3v) is 2.22. The van der Waals surface area contributed by atoms with Crippen molar-refractivity contribution < 1.29 is 4.79 Å². The Kier molecular flexibility index (Phi) is 1.72. The van der Waals surface area contributed by atoms with Crippen molar-refractivity contribution in [1.29, 1.82) is 0 Å². The molecule has 2 aliphatic rings. The number of carbonyl (C=O) groups is 1. The molecule has 0 aromatic heterocycles. The van der Waals surface area contributed by atoms with E-state index >= 15 is 0 Å². The van der Waals surface area contributed by atoms with Crippen LogP contribution in [-0.4, -0.2) is 30.1 Å². The van der Waals surface area contributed by atoms with Crippen molar-refractivity contribution in [1.82, 2.24) is 10.2 Å². The molecular formula is C8H13N2O. The second-order valence-electron chi connectivity index (χ2n) is 3.34. The molecule has 1 aliphatic heterocycles. The topological polar surface area (TPSA) is 34.4 Å². The quantitative estimate of drug-likeness (QED) is 0.552. The maximum Gasteiger partial charge on any atom is 0.339 e. The Morgan fingerprint density at radius 2 is 1.91 bits per heavy atom. The second kappa shape index (κ2) is 2.72. The minimum absolute atomic E-state index is 0.0324. The molecule has 2 fully saturated rings. The van der Waals surface area contributed by atoms with Crippen LogP contribution in [0.2, 0.25) is 0 Å². The third kappa shape index (κ3) is 1.64.